The van der Waals surface area contributed by atoms with Crippen LogP contribution in [0.1, 0.15) is 63.1 Å². The van der Waals surface area contributed by atoms with Gasteiger partial charge in [-0.25, -0.2) is 14.6 Å². The summed E-state index contributed by atoms with van der Waals surface area (Å²) in [6.07, 6.45) is 5.35. The molecule has 1 aliphatic carbocycles. The highest BCUT2D eigenvalue weighted by atomic mass is 16.5. The molecule has 10 heteroatoms. The van der Waals surface area contributed by atoms with Gasteiger partial charge in [-0.3, -0.25) is 4.79 Å². The van der Waals surface area contributed by atoms with Crippen molar-refractivity contribution in [1.82, 2.24) is 24.7 Å². The third-order valence-electron chi connectivity index (χ3n) is 8.39. The normalized spacial score (nSPS) is 19.1. The maximum absolute atomic E-state index is 12.8. The fourth-order valence-electron chi connectivity index (χ4n) is 6.10. The number of benzene rings is 2. The van der Waals surface area contributed by atoms with Crippen LogP contribution in [0.2, 0.25) is 0 Å². The SMILES string of the molecule is CCOC(=O)C1(CC)CCC(n2nc(-c3ccc(Nc4nc5cc(C)cc(C)c5o4)cc3)c3c(N)ncnc32)CC1. The Kier molecular flexibility index (Phi) is 6.84. The molecule has 1 fully saturated rings. The van der Waals surface area contributed by atoms with Gasteiger partial charge in [-0.2, -0.15) is 10.1 Å². The van der Waals surface area contributed by atoms with E-state index in [4.69, 9.17) is 20.0 Å². The minimum Gasteiger partial charge on any atom is -0.466 e. The molecule has 2 aromatic carbocycles. The van der Waals surface area contributed by atoms with Gasteiger partial charge in [0.2, 0.25) is 0 Å². The summed E-state index contributed by atoms with van der Waals surface area (Å²) in [7, 11) is 0. The van der Waals surface area contributed by atoms with Gasteiger partial charge < -0.3 is 20.2 Å². The molecule has 0 saturated heterocycles. The number of aryl methyl sites for hydroxylation is 2. The summed E-state index contributed by atoms with van der Waals surface area (Å²) >= 11 is 0. The van der Waals surface area contributed by atoms with Gasteiger partial charge in [0.05, 0.1) is 23.4 Å². The maximum atomic E-state index is 12.8. The van der Waals surface area contributed by atoms with Crippen molar-refractivity contribution in [1.29, 1.82) is 0 Å². The summed E-state index contributed by atoms with van der Waals surface area (Å²) in [5.41, 5.74) is 12.9. The molecule has 0 unspecified atom stereocenters. The molecule has 3 heterocycles. The average Bonchev–Trinajstić information content (AvgIpc) is 3.56. The standard InChI is InChI=1S/C31H35N7O3/c1-5-31(29(39)40-6-2)13-11-22(12-14-31)38-28-24(27(32)33-17-34-28)25(37-38)20-7-9-21(10-8-20)35-30-36-23-16-18(3)15-19(4)26(23)41-30/h7-10,15-17,22H,5-6,11-14H2,1-4H3,(H,35,36)(H2,32,33,34). The third-order valence-corrected chi connectivity index (χ3v) is 8.39. The minimum atomic E-state index is -0.429. The first kappa shape index (κ1) is 26.7. The van der Waals surface area contributed by atoms with Crippen LogP contribution in [0.4, 0.5) is 17.5 Å². The molecule has 1 aliphatic rings. The first-order valence-corrected chi connectivity index (χ1v) is 14.2. The summed E-state index contributed by atoms with van der Waals surface area (Å²) in [5.74, 6) is 0.302. The van der Waals surface area contributed by atoms with Crippen molar-refractivity contribution in [3.05, 3.63) is 53.9 Å². The number of hydrogen-bond acceptors (Lipinski definition) is 9. The topological polar surface area (TPSA) is 134 Å². The van der Waals surface area contributed by atoms with Gasteiger partial charge in [0, 0.05) is 11.3 Å². The predicted octanol–water partition coefficient (Wildman–Crippen LogP) is 6.65. The van der Waals surface area contributed by atoms with Crippen LogP contribution in [0, 0.1) is 19.3 Å². The van der Waals surface area contributed by atoms with Crippen LogP contribution < -0.4 is 11.1 Å². The highest BCUT2D eigenvalue weighted by Gasteiger charge is 2.42. The monoisotopic (exact) mass is 553 g/mol. The zero-order chi connectivity index (χ0) is 28.7. The molecule has 0 radical (unpaired) electrons. The van der Waals surface area contributed by atoms with E-state index in [1.807, 2.05) is 55.8 Å². The molecule has 0 bridgehead atoms. The van der Waals surface area contributed by atoms with E-state index in [-0.39, 0.29) is 12.0 Å². The number of aromatic nitrogens is 5. The highest BCUT2D eigenvalue weighted by Crippen LogP contribution is 2.45. The van der Waals surface area contributed by atoms with Crippen molar-refractivity contribution in [2.75, 3.05) is 17.7 Å². The third kappa shape index (κ3) is 4.77. The number of esters is 1. The Balaban J connectivity index is 1.27. The second-order valence-electron chi connectivity index (χ2n) is 11.0. The number of anilines is 3. The molecule has 3 N–H and O–H groups in total. The Morgan fingerprint density at radius 1 is 1.15 bits per heavy atom. The molecule has 3 aromatic heterocycles. The lowest BCUT2D eigenvalue weighted by atomic mass is 9.71. The van der Waals surface area contributed by atoms with Crippen LogP contribution in [-0.2, 0) is 9.53 Å². The number of carbonyl (C=O) groups excluding carboxylic acids is 1. The molecule has 0 spiro atoms. The Labute approximate surface area is 238 Å². The smallest absolute Gasteiger partial charge is 0.312 e. The molecular formula is C31H35N7O3. The highest BCUT2D eigenvalue weighted by molar-refractivity contribution is 5.98. The molecule has 212 valence electrons. The van der Waals surface area contributed by atoms with Gasteiger partial charge in [-0.15, -0.1) is 0 Å². The first-order valence-electron chi connectivity index (χ1n) is 14.2. The van der Waals surface area contributed by atoms with Crippen molar-refractivity contribution >= 4 is 45.6 Å². The van der Waals surface area contributed by atoms with Gasteiger partial charge in [-0.1, -0.05) is 25.1 Å². The van der Waals surface area contributed by atoms with E-state index in [0.717, 1.165) is 76.7 Å². The number of nitrogens with one attached hydrogen (secondary N) is 1. The molecule has 10 nitrogen and oxygen atoms in total. The Hall–Kier alpha value is -4.47. The van der Waals surface area contributed by atoms with Crippen LogP contribution in [0.15, 0.2) is 47.1 Å². The summed E-state index contributed by atoms with van der Waals surface area (Å²) in [6, 6.07) is 12.5. The van der Waals surface area contributed by atoms with Crippen molar-refractivity contribution in [2.45, 2.75) is 65.8 Å². The number of nitrogen functional groups attached to an aromatic ring is 1. The van der Waals surface area contributed by atoms with Gasteiger partial charge in [-0.05, 0) is 82.2 Å². The molecule has 0 atom stereocenters. The number of fused-ring (bicyclic) bond motifs is 2. The van der Waals surface area contributed by atoms with Crippen LogP contribution in [-0.4, -0.2) is 37.3 Å². The Bertz CT molecular complexity index is 1730. The first-order chi connectivity index (χ1) is 19.8. The van der Waals surface area contributed by atoms with E-state index < -0.39 is 5.41 Å². The van der Waals surface area contributed by atoms with Gasteiger partial charge in [0.25, 0.3) is 6.01 Å². The number of carbonyl (C=O) groups is 1. The van der Waals surface area contributed by atoms with E-state index in [2.05, 4.69) is 33.3 Å². The summed E-state index contributed by atoms with van der Waals surface area (Å²) < 4.78 is 13.4. The summed E-state index contributed by atoms with van der Waals surface area (Å²) in [5, 5.41) is 9.02. The van der Waals surface area contributed by atoms with Crippen molar-refractivity contribution in [3.8, 4) is 11.3 Å². The molecular weight excluding hydrogens is 518 g/mol. The number of hydrogen-bond donors (Lipinski definition) is 2. The van der Waals surface area contributed by atoms with Gasteiger partial charge in [0.15, 0.2) is 11.2 Å². The zero-order valence-electron chi connectivity index (χ0n) is 23.9. The fourth-order valence-corrected chi connectivity index (χ4v) is 6.10. The lowest BCUT2D eigenvalue weighted by Gasteiger charge is -2.37. The Morgan fingerprint density at radius 2 is 1.90 bits per heavy atom. The maximum Gasteiger partial charge on any atom is 0.312 e. The molecule has 0 aliphatic heterocycles. The van der Waals surface area contributed by atoms with Crippen LogP contribution in [0.5, 0.6) is 0 Å². The largest absolute Gasteiger partial charge is 0.466 e. The average molecular weight is 554 g/mol. The van der Waals surface area contributed by atoms with Crippen molar-refractivity contribution in [3.63, 3.8) is 0 Å². The van der Waals surface area contributed by atoms with Gasteiger partial charge in [0.1, 0.15) is 23.4 Å². The van der Waals surface area contributed by atoms with Crippen LogP contribution >= 0.6 is 0 Å². The lowest BCUT2D eigenvalue weighted by molar-refractivity contribution is -0.158. The number of rotatable bonds is 7. The predicted molar refractivity (Wildman–Crippen MR) is 159 cm³/mol. The van der Waals surface area contributed by atoms with E-state index in [1.165, 1.54) is 6.33 Å². The second-order valence-corrected chi connectivity index (χ2v) is 11.0. The summed E-state index contributed by atoms with van der Waals surface area (Å²) in [4.78, 5) is 26.2. The summed E-state index contributed by atoms with van der Waals surface area (Å²) in [6.45, 7) is 8.39. The van der Waals surface area contributed by atoms with E-state index in [9.17, 15) is 4.79 Å². The van der Waals surface area contributed by atoms with Crippen LogP contribution in [0.25, 0.3) is 33.4 Å². The van der Waals surface area contributed by atoms with E-state index in [0.29, 0.717) is 24.1 Å². The van der Waals surface area contributed by atoms with Crippen molar-refractivity contribution < 1.29 is 13.9 Å². The molecule has 5 aromatic rings. The lowest BCUT2D eigenvalue weighted by Crippen LogP contribution is -2.37. The second kappa shape index (κ2) is 10.5. The number of ether oxygens (including phenoxy) is 1. The van der Waals surface area contributed by atoms with Gasteiger partial charge >= 0.3 is 5.97 Å². The van der Waals surface area contributed by atoms with Crippen LogP contribution in [0.3, 0.4) is 0 Å². The quantitative estimate of drug-likeness (QED) is 0.212. The number of nitrogens with zero attached hydrogens (tertiary/aromatic N) is 5. The fraction of sp³-hybridized carbons (Fsp3) is 0.387. The van der Waals surface area contributed by atoms with Crippen molar-refractivity contribution in [2.24, 2.45) is 5.41 Å². The minimum absolute atomic E-state index is 0.0877. The van der Waals surface area contributed by atoms with E-state index in [1.54, 1.807) is 0 Å². The molecule has 1 saturated carbocycles. The number of nitrogens with two attached hydrogens (primary N) is 1. The van der Waals surface area contributed by atoms with E-state index >= 15 is 0 Å². The molecule has 6 rings (SSSR count). The number of oxazole rings is 1. The molecule has 41 heavy (non-hydrogen) atoms. The Morgan fingerprint density at radius 3 is 2.61 bits per heavy atom. The zero-order valence-corrected chi connectivity index (χ0v) is 23.9. The molecule has 0 amide bonds.